The standard InChI is InChI=1S/C10H11F3N2O4/c11-10(12,13)6-3-5(4-16)19-8(6)15-2-1-7(17)14-9(15)18/h1-2,5-6,8,16H,3-4H2,(H,14,17,18). The number of aromatic amines is 1. The van der Waals surface area contributed by atoms with Crippen molar-refractivity contribution in [2.75, 3.05) is 6.61 Å². The number of aliphatic hydroxyl groups excluding tert-OH is 1. The molecule has 1 aromatic heterocycles. The topological polar surface area (TPSA) is 84.3 Å². The molecule has 0 saturated carbocycles. The molecular formula is C10H11F3N2O4. The highest BCUT2D eigenvalue weighted by atomic mass is 19.4. The highest BCUT2D eigenvalue weighted by Crippen LogP contribution is 2.43. The van der Waals surface area contributed by atoms with E-state index in [2.05, 4.69) is 0 Å². The first kappa shape index (κ1) is 13.8. The molecule has 1 aromatic rings. The number of rotatable bonds is 2. The number of ether oxygens (including phenoxy) is 1. The van der Waals surface area contributed by atoms with Crippen molar-refractivity contribution in [3.05, 3.63) is 33.1 Å². The summed E-state index contributed by atoms with van der Waals surface area (Å²) in [5, 5.41) is 8.89. The Morgan fingerprint density at radius 1 is 1.47 bits per heavy atom. The zero-order chi connectivity index (χ0) is 14.2. The van der Waals surface area contributed by atoms with Gasteiger partial charge in [0.25, 0.3) is 5.56 Å². The monoisotopic (exact) mass is 280 g/mol. The zero-order valence-corrected chi connectivity index (χ0v) is 9.55. The predicted octanol–water partition coefficient (Wildman–Crippen LogP) is -0.00510. The van der Waals surface area contributed by atoms with Crippen molar-refractivity contribution in [3.63, 3.8) is 0 Å². The van der Waals surface area contributed by atoms with E-state index in [-0.39, 0.29) is 0 Å². The number of hydrogen-bond acceptors (Lipinski definition) is 4. The van der Waals surface area contributed by atoms with Gasteiger partial charge in [-0.1, -0.05) is 0 Å². The Labute approximate surface area is 104 Å². The second kappa shape index (κ2) is 4.82. The van der Waals surface area contributed by atoms with Crippen LogP contribution in [0.25, 0.3) is 0 Å². The lowest BCUT2D eigenvalue weighted by molar-refractivity contribution is -0.198. The first-order valence-corrected chi connectivity index (χ1v) is 5.47. The van der Waals surface area contributed by atoms with Crippen molar-refractivity contribution in [2.45, 2.75) is 24.9 Å². The summed E-state index contributed by atoms with van der Waals surface area (Å²) in [7, 11) is 0. The first-order chi connectivity index (χ1) is 8.82. The van der Waals surface area contributed by atoms with Crippen LogP contribution >= 0.6 is 0 Å². The SMILES string of the molecule is O=c1ccn(C2OC(CO)CC2C(F)(F)F)c(=O)[nH]1. The van der Waals surface area contributed by atoms with Crippen LogP contribution in [0, 0.1) is 5.92 Å². The summed E-state index contributed by atoms with van der Waals surface area (Å²) in [6.07, 6.45) is -6.62. The number of alkyl halides is 3. The molecule has 106 valence electrons. The first-order valence-electron chi connectivity index (χ1n) is 5.47. The molecule has 0 amide bonds. The molecule has 0 aromatic carbocycles. The van der Waals surface area contributed by atoms with E-state index in [1.165, 1.54) is 0 Å². The molecule has 0 bridgehead atoms. The predicted molar refractivity (Wildman–Crippen MR) is 56.5 cm³/mol. The van der Waals surface area contributed by atoms with Gasteiger partial charge in [-0.15, -0.1) is 0 Å². The summed E-state index contributed by atoms with van der Waals surface area (Å²) in [4.78, 5) is 24.2. The third kappa shape index (κ3) is 2.71. The van der Waals surface area contributed by atoms with Gasteiger partial charge in [0.1, 0.15) is 12.1 Å². The number of aromatic nitrogens is 2. The number of nitrogens with one attached hydrogen (secondary N) is 1. The van der Waals surface area contributed by atoms with Crippen molar-refractivity contribution in [1.82, 2.24) is 9.55 Å². The third-order valence-electron chi connectivity index (χ3n) is 2.94. The molecule has 3 unspecified atom stereocenters. The third-order valence-corrected chi connectivity index (χ3v) is 2.94. The molecule has 2 rings (SSSR count). The maximum Gasteiger partial charge on any atom is 0.396 e. The Morgan fingerprint density at radius 2 is 2.16 bits per heavy atom. The second-order valence-electron chi connectivity index (χ2n) is 4.23. The van der Waals surface area contributed by atoms with Crippen molar-refractivity contribution in [3.8, 4) is 0 Å². The molecule has 0 radical (unpaired) electrons. The Hall–Kier alpha value is -1.61. The molecule has 2 heterocycles. The molecule has 0 spiro atoms. The van der Waals surface area contributed by atoms with Gasteiger partial charge in [-0.2, -0.15) is 13.2 Å². The van der Waals surface area contributed by atoms with Crippen molar-refractivity contribution in [2.24, 2.45) is 5.92 Å². The minimum absolute atomic E-state index is 0.434. The van der Waals surface area contributed by atoms with Gasteiger partial charge in [-0.3, -0.25) is 14.3 Å². The van der Waals surface area contributed by atoms with E-state index in [1.807, 2.05) is 4.98 Å². The number of aliphatic hydroxyl groups is 1. The van der Waals surface area contributed by atoms with Crippen LogP contribution in [0.2, 0.25) is 0 Å². The quantitative estimate of drug-likeness (QED) is 0.798. The molecule has 0 aliphatic carbocycles. The highest BCUT2D eigenvalue weighted by molar-refractivity contribution is 4.90. The Kier molecular flexibility index (Phi) is 3.50. The van der Waals surface area contributed by atoms with Crippen LogP contribution in [0.3, 0.4) is 0 Å². The summed E-state index contributed by atoms with van der Waals surface area (Å²) in [5.74, 6) is -1.91. The van der Waals surface area contributed by atoms with Crippen LogP contribution in [0.5, 0.6) is 0 Å². The van der Waals surface area contributed by atoms with Crippen molar-refractivity contribution >= 4 is 0 Å². The molecule has 2 N–H and O–H groups in total. The van der Waals surface area contributed by atoms with E-state index in [9.17, 15) is 22.8 Å². The molecule has 1 saturated heterocycles. The van der Waals surface area contributed by atoms with Crippen LogP contribution in [0.4, 0.5) is 13.2 Å². The van der Waals surface area contributed by atoms with Gasteiger partial charge in [0, 0.05) is 12.3 Å². The fourth-order valence-electron chi connectivity index (χ4n) is 2.05. The van der Waals surface area contributed by atoms with Gasteiger partial charge in [0.05, 0.1) is 12.7 Å². The normalized spacial score (nSPS) is 27.7. The highest BCUT2D eigenvalue weighted by Gasteiger charge is 2.52. The van der Waals surface area contributed by atoms with Crippen LogP contribution in [0.1, 0.15) is 12.6 Å². The lowest BCUT2D eigenvalue weighted by atomic mass is 10.0. The van der Waals surface area contributed by atoms with E-state index in [0.717, 1.165) is 12.3 Å². The van der Waals surface area contributed by atoms with E-state index in [0.29, 0.717) is 4.57 Å². The number of nitrogens with zero attached hydrogens (tertiary/aromatic N) is 1. The van der Waals surface area contributed by atoms with Crippen LogP contribution in [-0.2, 0) is 4.74 Å². The molecule has 19 heavy (non-hydrogen) atoms. The average Bonchev–Trinajstić information content (AvgIpc) is 2.72. The fourth-order valence-corrected chi connectivity index (χ4v) is 2.05. The number of H-pyrrole nitrogens is 1. The molecule has 1 fully saturated rings. The maximum atomic E-state index is 12.9. The van der Waals surface area contributed by atoms with E-state index in [1.54, 1.807) is 0 Å². The number of halogens is 3. The summed E-state index contributed by atoms with van der Waals surface area (Å²) in [5.41, 5.74) is -1.69. The molecule has 9 heteroatoms. The van der Waals surface area contributed by atoms with Gasteiger partial charge in [0.15, 0.2) is 0 Å². The van der Waals surface area contributed by atoms with Crippen LogP contribution in [-0.4, -0.2) is 33.5 Å². The Balaban J connectivity index is 2.40. The second-order valence-corrected chi connectivity index (χ2v) is 4.23. The molecule has 1 aliphatic heterocycles. The largest absolute Gasteiger partial charge is 0.396 e. The summed E-state index contributed by atoms with van der Waals surface area (Å²) in [6, 6.07) is 0.935. The maximum absolute atomic E-state index is 12.9. The van der Waals surface area contributed by atoms with E-state index < -0.39 is 48.7 Å². The van der Waals surface area contributed by atoms with Gasteiger partial charge in [-0.05, 0) is 6.42 Å². The Morgan fingerprint density at radius 3 is 2.68 bits per heavy atom. The van der Waals surface area contributed by atoms with Gasteiger partial charge < -0.3 is 9.84 Å². The Bertz CT molecular complexity index is 565. The van der Waals surface area contributed by atoms with Crippen molar-refractivity contribution < 1.29 is 23.0 Å². The minimum Gasteiger partial charge on any atom is -0.394 e. The lowest BCUT2D eigenvalue weighted by Crippen LogP contribution is -2.37. The average molecular weight is 280 g/mol. The summed E-state index contributed by atoms with van der Waals surface area (Å²) >= 11 is 0. The van der Waals surface area contributed by atoms with Gasteiger partial charge >= 0.3 is 11.9 Å². The van der Waals surface area contributed by atoms with Gasteiger partial charge in [0.2, 0.25) is 0 Å². The zero-order valence-electron chi connectivity index (χ0n) is 9.55. The minimum atomic E-state index is -4.57. The number of hydrogen-bond donors (Lipinski definition) is 2. The molecule has 1 aliphatic rings. The van der Waals surface area contributed by atoms with Crippen molar-refractivity contribution in [1.29, 1.82) is 0 Å². The smallest absolute Gasteiger partial charge is 0.394 e. The molecule has 6 nitrogen and oxygen atoms in total. The van der Waals surface area contributed by atoms with Gasteiger partial charge in [-0.25, -0.2) is 4.79 Å². The summed E-state index contributed by atoms with van der Waals surface area (Å²) < 4.78 is 44.3. The van der Waals surface area contributed by atoms with E-state index >= 15 is 0 Å². The fraction of sp³-hybridized carbons (Fsp3) is 0.600. The molecular weight excluding hydrogens is 269 g/mol. The van der Waals surface area contributed by atoms with E-state index in [4.69, 9.17) is 9.84 Å². The summed E-state index contributed by atoms with van der Waals surface area (Å²) in [6.45, 7) is -0.568. The van der Waals surface area contributed by atoms with Crippen LogP contribution in [0.15, 0.2) is 21.9 Å². The molecule has 3 atom stereocenters. The van der Waals surface area contributed by atoms with Crippen LogP contribution < -0.4 is 11.2 Å². The lowest BCUT2D eigenvalue weighted by Gasteiger charge is -2.22.